The van der Waals surface area contributed by atoms with Gasteiger partial charge in [-0.3, -0.25) is 14.6 Å². The maximum Gasteiger partial charge on any atom is 0.252 e. The summed E-state index contributed by atoms with van der Waals surface area (Å²) in [5.74, 6) is 0.557. The smallest absolute Gasteiger partial charge is 0.252 e. The summed E-state index contributed by atoms with van der Waals surface area (Å²) in [6.45, 7) is 7.37. The fourth-order valence-electron chi connectivity index (χ4n) is 2.81. The molecule has 1 amide bonds. The van der Waals surface area contributed by atoms with Crippen molar-refractivity contribution in [3.8, 4) is 0 Å². The number of rotatable bonds is 5. The van der Waals surface area contributed by atoms with Gasteiger partial charge in [0.15, 0.2) is 0 Å². The lowest BCUT2D eigenvalue weighted by Crippen LogP contribution is -2.52. The molecule has 7 nitrogen and oxygen atoms in total. The SMILES string of the molecule is COCC(C)(C)C(=O)NC1CCCN(c2nc(C)cc(=O)[nH]2)C1. The van der Waals surface area contributed by atoms with Gasteiger partial charge in [-0.25, -0.2) is 4.98 Å². The first kappa shape index (κ1) is 17.5. The Labute approximate surface area is 136 Å². The summed E-state index contributed by atoms with van der Waals surface area (Å²) >= 11 is 0. The van der Waals surface area contributed by atoms with E-state index in [9.17, 15) is 9.59 Å². The zero-order valence-electron chi connectivity index (χ0n) is 14.3. The van der Waals surface area contributed by atoms with Crippen LogP contribution in [0.1, 0.15) is 32.4 Å². The Bertz CT molecular complexity index is 612. The van der Waals surface area contributed by atoms with Crippen LogP contribution in [0, 0.1) is 12.3 Å². The second kappa shape index (κ2) is 7.12. The van der Waals surface area contributed by atoms with Gasteiger partial charge in [-0.2, -0.15) is 0 Å². The molecule has 2 rings (SSSR count). The van der Waals surface area contributed by atoms with Crippen LogP contribution in [0.25, 0.3) is 0 Å². The van der Waals surface area contributed by atoms with Crippen molar-refractivity contribution in [1.29, 1.82) is 0 Å². The van der Waals surface area contributed by atoms with Gasteiger partial charge in [-0.15, -0.1) is 0 Å². The van der Waals surface area contributed by atoms with Crippen LogP contribution < -0.4 is 15.8 Å². The molecule has 2 heterocycles. The number of hydrogen-bond donors (Lipinski definition) is 2. The molecule has 23 heavy (non-hydrogen) atoms. The van der Waals surface area contributed by atoms with Gasteiger partial charge in [0.05, 0.1) is 12.0 Å². The topological polar surface area (TPSA) is 87.3 Å². The summed E-state index contributed by atoms with van der Waals surface area (Å²) in [5.41, 5.74) is -0.0246. The van der Waals surface area contributed by atoms with Gasteiger partial charge < -0.3 is 15.0 Å². The predicted molar refractivity (Wildman–Crippen MR) is 88.6 cm³/mol. The highest BCUT2D eigenvalue weighted by Gasteiger charge is 2.31. The first-order chi connectivity index (χ1) is 10.8. The van der Waals surface area contributed by atoms with Crippen LogP contribution in [0.4, 0.5) is 5.95 Å². The van der Waals surface area contributed by atoms with E-state index in [1.165, 1.54) is 6.07 Å². The number of nitrogens with zero attached hydrogens (tertiary/aromatic N) is 2. The Morgan fingerprint density at radius 2 is 2.30 bits per heavy atom. The first-order valence-electron chi connectivity index (χ1n) is 7.94. The Morgan fingerprint density at radius 1 is 1.57 bits per heavy atom. The molecule has 1 fully saturated rings. The molecule has 1 aromatic heterocycles. The van der Waals surface area contributed by atoms with Gasteiger partial charge in [0, 0.05) is 38.0 Å². The number of aromatic nitrogens is 2. The van der Waals surface area contributed by atoms with Crippen molar-refractivity contribution in [2.24, 2.45) is 5.41 Å². The number of aryl methyl sites for hydroxylation is 1. The van der Waals surface area contributed by atoms with Gasteiger partial charge in [0.2, 0.25) is 11.9 Å². The zero-order valence-corrected chi connectivity index (χ0v) is 14.3. The third-order valence-corrected chi connectivity index (χ3v) is 4.03. The van der Waals surface area contributed by atoms with Gasteiger partial charge in [-0.05, 0) is 33.6 Å². The summed E-state index contributed by atoms with van der Waals surface area (Å²) in [4.78, 5) is 33.2. The number of carbonyl (C=O) groups excluding carboxylic acids is 1. The molecule has 1 saturated heterocycles. The van der Waals surface area contributed by atoms with Crippen molar-refractivity contribution >= 4 is 11.9 Å². The molecule has 0 spiro atoms. The quantitative estimate of drug-likeness (QED) is 0.839. The number of hydrogen-bond acceptors (Lipinski definition) is 5. The van der Waals surface area contributed by atoms with Gasteiger partial charge >= 0.3 is 0 Å². The number of ether oxygens (including phenoxy) is 1. The molecule has 0 bridgehead atoms. The monoisotopic (exact) mass is 322 g/mol. The number of anilines is 1. The Kier molecular flexibility index (Phi) is 5.41. The number of nitrogens with one attached hydrogen (secondary N) is 2. The van der Waals surface area contributed by atoms with Crippen LogP contribution in [-0.4, -0.2) is 48.7 Å². The highest BCUT2D eigenvalue weighted by atomic mass is 16.5. The number of amides is 1. The number of aromatic amines is 1. The number of piperidine rings is 1. The van der Waals surface area contributed by atoms with Crippen LogP contribution in [0.5, 0.6) is 0 Å². The maximum absolute atomic E-state index is 12.4. The molecular formula is C16H26N4O3. The van der Waals surface area contributed by atoms with Crippen LogP contribution in [0.3, 0.4) is 0 Å². The largest absolute Gasteiger partial charge is 0.384 e. The van der Waals surface area contributed by atoms with E-state index >= 15 is 0 Å². The van der Waals surface area contributed by atoms with E-state index in [1.54, 1.807) is 14.0 Å². The Hall–Kier alpha value is -1.89. The number of carbonyl (C=O) groups is 1. The van der Waals surface area contributed by atoms with E-state index in [0.29, 0.717) is 24.8 Å². The van der Waals surface area contributed by atoms with Crippen LogP contribution in [0.15, 0.2) is 10.9 Å². The van der Waals surface area contributed by atoms with E-state index in [4.69, 9.17) is 4.74 Å². The third-order valence-electron chi connectivity index (χ3n) is 4.03. The minimum absolute atomic E-state index is 0.0168. The minimum atomic E-state index is -0.563. The summed E-state index contributed by atoms with van der Waals surface area (Å²) in [5, 5.41) is 3.09. The molecule has 128 valence electrons. The second-order valence-corrected chi connectivity index (χ2v) is 6.79. The molecule has 7 heteroatoms. The summed E-state index contributed by atoms with van der Waals surface area (Å²) in [7, 11) is 1.59. The molecule has 2 N–H and O–H groups in total. The van der Waals surface area contributed by atoms with Gasteiger partial charge in [0.25, 0.3) is 5.56 Å². The molecular weight excluding hydrogens is 296 g/mol. The molecule has 1 unspecified atom stereocenters. The van der Waals surface area contributed by atoms with Crippen LogP contribution in [0.2, 0.25) is 0 Å². The van der Waals surface area contributed by atoms with Crippen molar-refractivity contribution in [3.05, 3.63) is 22.1 Å². The van der Waals surface area contributed by atoms with E-state index < -0.39 is 5.41 Å². The summed E-state index contributed by atoms with van der Waals surface area (Å²) in [6.07, 6.45) is 1.86. The van der Waals surface area contributed by atoms with Crippen molar-refractivity contribution < 1.29 is 9.53 Å². The first-order valence-corrected chi connectivity index (χ1v) is 7.94. The van der Waals surface area contributed by atoms with E-state index in [1.807, 2.05) is 18.7 Å². The van der Waals surface area contributed by atoms with E-state index in [0.717, 1.165) is 19.4 Å². The van der Waals surface area contributed by atoms with Gasteiger partial charge in [-0.1, -0.05) is 0 Å². The lowest BCUT2D eigenvalue weighted by atomic mass is 9.92. The van der Waals surface area contributed by atoms with Crippen LogP contribution >= 0.6 is 0 Å². The average molecular weight is 322 g/mol. The summed E-state index contributed by atoms with van der Waals surface area (Å²) < 4.78 is 5.11. The molecule has 0 aliphatic carbocycles. The average Bonchev–Trinajstić information content (AvgIpc) is 2.46. The van der Waals surface area contributed by atoms with E-state index in [2.05, 4.69) is 15.3 Å². The van der Waals surface area contributed by atoms with Crippen molar-refractivity contribution in [3.63, 3.8) is 0 Å². The molecule has 1 aliphatic heterocycles. The molecule has 1 aliphatic rings. The lowest BCUT2D eigenvalue weighted by Gasteiger charge is -2.35. The van der Waals surface area contributed by atoms with Gasteiger partial charge in [0.1, 0.15) is 0 Å². The third kappa shape index (κ3) is 4.54. The Morgan fingerprint density at radius 3 is 2.96 bits per heavy atom. The van der Waals surface area contributed by atoms with Crippen molar-refractivity contribution in [2.45, 2.75) is 39.7 Å². The molecule has 1 aromatic rings. The van der Waals surface area contributed by atoms with Crippen LogP contribution in [-0.2, 0) is 9.53 Å². The highest BCUT2D eigenvalue weighted by molar-refractivity contribution is 5.82. The van der Waals surface area contributed by atoms with Crippen molar-refractivity contribution in [2.75, 3.05) is 31.7 Å². The van der Waals surface area contributed by atoms with E-state index in [-0.39, 0.29) is 17.5 Å². The molecule has 0 saturated carbocycles. The second-order valence-electron chi connectivity index (χ2n) is 6.79. The number of methoxy groups -OCH3 is 1. The lowest BCUT2D eigenvalue weighted by molar-refractivity contribution is -0.132. The molecule has 0 aromatic carbocycles. The predicted octanol–water partition coefficient (Wildman–Crippen LogP) is 0.836. The normalized spacial score (nSPS) is 18.8. The summed E-state index contributed by atoms with van der Waals surface area (Å²) in [6, 6.07) is 1.51. The minimum Gasteiger partial charge on any atom is -0.384 e. The maximum atomic E-state index is 12.4. The molecule has 0 radical (unpaired) electrons. The highest BCUT2D eigenvalue weighted by Crippen LogP contribution is 2.19. The standard InChI is InChI=1S/C16H26N4O3/c1-11-8-13(21)19-15(17-11)20-7-5-6-12(9-20)18-14(22)16(2,3)10-23-4/h8,12H,5-7,9-10H2,1-4H3,(H,18,22)(H,17,19,21). The Balaban J connectivity index is 2.03. The zero-order chi connectivity index (χ0) is 17.0. The fourth-order valence-corrected chi connectivity index (χ4v) is 2.81. The number of H-pyrrole nitrogens is 1. The van der Waals surface area contributed by atoms with Crippen molar-refractivity contribution in [1.82, 2.24) is 15.3 Å². The molecule has 1 atom stereocenters. The fraction of sp³-hybridized carbons (Fsp3) is 0.688.